The first-order chi connectivity index (χ1) is 14.2. The van der Waals surface area contributed by atoms with Crippen LogP contribution in [-0.2, 0) is 0 Å². The van der Waals surface area contributed by atoms with Crippen molar-refractivity contribution in [2.75, 3.05) is 61.7 Å². The maximum Gasteiger partial charge on any atom is 0.203 e. The van der Waals surface area contributed by atoms with E-state index in [4.69, 9.17) is 23.7 Å². The lowest BCUT2D eigenvalue weighted by atomic mass is 9.93. The standard InChI is InChI=1S/C22H30N2O5/c1-25-16-7-6-8-17(26-2)19(16)20(24-13-11-23-12-14-24)15-9-10-18(27-3)22(29-5)21(15)28-4/h6-10,20,23H,11-14H2,1-5H3. The van der Waals surface area contributed by atoms with Gasteiger partial charge in [-0.15, -0.1) is 0 Å². The highest BCUT2D eigenvalue weighted by Gasteiger charge is 2.33. The molecule has 3 rings (SSSR count). The molecule has 158 valence electrons. The van der Waals surface area contributed by atoms with Gasteiger partial charge in [0.25, 0.3) is 0 Å². The number of benzene rings is 2. The van der Waals surface area contributed by atoms with Crippen molar-refractivity contribution in [3.8, 4) is 28.7 Å². The summed E-state index contributed by atoms with van der Waals surface area (Å²) in [5.74, 6) is 3.37. The van der Waals surface area contributed by atoms with E-state index >= 15 is 0 Å². The number of rotatable bonds is 8. The van der Waals surface area contributed by atoms with Crippen LogP contribution in [0.2, 0.25) is 0 Å². The van der Waals surface area contributed by atoms with E-state index in [1.54, 1.807) is 35.5 Å². The number of methoxy groups -OCH3 is 5. The molecular weight excluding hydrogens is 372 g/mol. The third-order valence-corrected chi connectivity index (χ3v) is 5.29. The van der Waals surface area contributed by atoms with E-state index in [-0.39, 0.29) is 6.04 Å². The molecule has 0 bridgehead atoms. The Morgan fingerprint density at radius 2 is 1.31 bits per heavy atom. The van der Waals surface area contributed by atoms with Crippen LogP contribution in [0, 0.1) is 0 Å². The highest BCUT2D eigenvalue weighted by atomic mass is 16.5. The molecule has 7 nitrogen and oxygen atoms in total. The van der Waals surface area contributed by atoms with Crippen molar-refractivity contribution in [3.63, 3.8) is 0 Å². The van der Waals surface area contributed by atoms with Crippen molar-refractivity contribution in [2.45, 2.75) is 6.04 Å². The summed E-state index contributed by atoms with van der Waals surface area (Å²) in [4.78, 5) is 2.40. The molecule has 0 amide bonds. The van der Waals surface area contributed by atoms with E-state index in [0.29, 0.717) is 17.2 Å². The van der Waals surface area contributed by atoms with E-state index in [9.17, 15) is 0 Å². The van der Waals surface area contributed by atoms with Crippen LogP contribution in [0.5, 0.6) is 28.7 Å². The second-order valence-electron chi connectivity index (χ2n) is 6.69. The van der Waals surface area contributed by atoms with E-state index in [1.807, 2.05) is 30.3 Å². The smallest absolute Gasteiger partial charge is 0.203 e. The molecule has 2 aromatic rings. The van der Waals surface area contributed by atoms with Crippen molar-refractivity contribution in [1.82, 2.24) is 10.2 Å². The van der Waals surface area contributed by atoms with Crippen LogP contribution in [0.4, 0.5) is 0 Å². The first-order valence-electron chi connectivity index (χ1n) is 9.64. The number of hydrogen-bond acceptors (Lipinski definition) is 7. The molecule has 2 aromatic carbocycles. The van der Waals surface area contributed by atoms with Gasteiger partial charge in [0.2, 0.25) is 5.75 Å². The average Bonchev–Trinajstić information content (AvgIpc) is 2.79. The molecule has 1 fully saturated rings. The number of hydrogen-bond donors (Lipinski definition) is 1. The van der Waals surface area contributed by atoms with Crippen molar-refractivity contribution < 1.29 is 23.7 Å². The molecule has 0 aromatic heterocycles. The summed E-state index contributed by atoms with van der Waals surface area (Å²) in [5, 5.41) is 3.42. The molecule has 0 aliphatic carbocycles. The maximum absolute atomic E-state index is 5.82. The Morgan fingerprint density at radius 1 is 0.724 bits per heavy atom. The SMILES string of the molecule is COc1ccc(C(c2c(OC)cccc2OC)N2CCNCC2)c(OC)c1OC. The van der Waals surface area contributed by atoms with Crippen LogP contribution in [0.25, 0.3) is 0 Å². The fourth-order valence-electron chi connectivity index (χ4n) is 3.96. The second kappa shape index (κ2) is 9.71. The minimum absolute atomic E-state index is 0.141. The third-order valence-electron chi connectivity index (χ3n) is 5.29. The summed E-state index contributed by atoms with van der Waals surface area (Å²) in [6.07, 6.45) is 0. The molecule has 1 unspecified atom stereocenters. The van der Waals surface area contributed by atoms with E-state index < -0.39 is 0 Å². The Bertz CT molecular complexity index is 799. The summed E-state index contributed by atoms with van der Waals surface area (Å²) in [6.45, 7) is 3.57. The van der Waals surface area contributed by atoms with Crippen molar-refractivity contribution in [3.05, 3.63) is 41.5 Å². The summed E-state index contributed by atoms with van der Waals surface area (Å²) < 4.78 is 28.4. The fourth-order valence-corrected chi connectivity index (χ4v) is 3.96. The lowest BCUT2D eigenvalue weighted by Gasteiger charge is -2.37. The van der Waals surface area contributed by atoms with E-state index in [1.165, 1.54) is 0 Å². The van der Waals surface area contributed by atoms with Gasteiger partial charge in [0.15, 0.2) is 11.5 Å². The van der Waals surface area contributed by atoms with Crippen LogP contribution in [-0.4, -0.2) is 66.6 Å². The maximum atomic E-state index is 5.82. The van der Waals surface area contributed by atoms with Crippen LogP contribution in [0.3, 0.4) is 0 Å². The fraction of sp³-hybridized carbons (Fsp3) is 0.455. The Labute approximate surface area is 172 Å². The number of nitrogens with zero attached hydrogens (tertiary/aromatic N) is 1. The summed E-state index contributed by atoms with van der Waals surface area (Å²) in [7, 11) is 8.24. The third kappa shape index (κ3) is 4.06. The number of ether oxygens (including phenoxy) is 5. The van der Waals surface area contributed by atoms with Gasteiger partial charge in [-0.3, -0.25) is 4.90 Å². The normalized spacial score (nSPS) is 15.5. The Hall–Kier alpha value is -2.64. The average molecular weight is 402 g/mol. The zero-order valence-electron chi connectivity index (χ0n) is 17.8. The molecule has 1 atom stereocenters. The lowest BCUT2D eigenvalue weighted by Crippen LogP contribution is -2.45. The van der Waals surface area contributed by atoms with Gasteiger partial charge in [0.1, 0.15) is 11.5 Å². The topological polar surface area (TPSA) is 61.4 Å². The molecule has 29 heavy (non-hydrogen) atoms. The molecule has 7 heteroatoms. The first-order valence-corrected chi connectivity index (χ1v) is 9.64. The van der Waals surface area contributed by atoms with Gasteiger partial charge in [0, 0.05) is 31.7 Å². The van der Waals surface area contributed by atoms with E-state index in [2.05, 4.69) is 10.2 Å². The quantitative estimate of drug-likeness (QED) is 0.728. The van der Waals surface area contributed by atoms with Gasteiger partial charge >= 0.3 is 0 Å². The predicted octanol–water partition coefficient (Wildman–Crippen LogP) is 2.72. The highest BCUT2D eigenvalue weighted by molar-refractivity contribution is 5.60. The Balaban J connectivity index is 2.27. The van der Waals surface area contributed by atoms with Gasteiger partial charge in [-0.2, -0.15) is 0 Å². The molecule has 1 aliphatic heterocycles. The minimum atomic E-state index is -0.141. The van der Waals surface area contributed by atoms with Gasteiger partial charge in [-0.05, 0) is 24.3 Å². The predicted molar refractivity (Wildman–Crippen MR) is 112 cm³/mol. The molecule has 1 heterocycles. The largest absolute Gasteiger partial charge is 0.496 e. The molecule has 0 spiro atoms. The van der Waals surface area contributed by atoms with E-state index in [0.717, 1.165) is 48.8 Å². The summed E-state index contributed by atoms with van der Waals surface area (Å²) in [6, 6.07) is 9.65. The van der Waals surface area contributed by atoms with Gasteiger partial charge < -0.3 is 29.0 Å². The van der Waals surface area contributed by atoms with Crippen LogP contribution in [0.1, 0.15) is 17.2 Å². The van der Waals surface area contributed by atoms with Gasteiger partial charge in [-0.25, -0.2) is 0 Å². The summed E-state index contributed by atoms with van der Waals surface area (Å²) >= 11 is 0. The Morgan fingerprint density at radius 3 is 1.83 bits per heavy atom. The number of nitrogens with one attached hydrogen (secondary N) is 1. The zero-order chi connectivity index (χ0) is 20.8. The monoisotopic (exact) mass is 402 g/mol. The van der Waals surface area contributed by atoms with Crippen molar-refractivity contribution in [1.29, 1.82) is 0 Å². The first kappa shape index (κ1) is 21.1. The van der Waals surface area contributed by atoms with Crippen LogP contribution in [0.15, 0.2) is 30.3 Å². The van der Waals surface area contributed by atoms with Crippen molar-refractivity contribution >= 4 is 0 Å². The highest BCUT2D eigenvalue weighted by Crippen LogP contribution is 2.48. The van der Waals surface area contributed by atoms with Gasteiger partial charge in [-0.1, -0.05) is 6.07 Å². The molecule has 1 N–H and O–H groups in total. The minimum Gasteiger partial charge on any atom is -0.496 e. The van der Waals surface area contributed by atoms with Crippen molar-refractivity contribution in [2.24, 2.45) is 0 Å². The lowest BCUT2D eigenvalue weighted by molar-refractivity contribution is 0.188. The molecular formula is C22H30N2O5. The number of piperazine rings is 1. The molecule has 0 radical (unpaired) electrons. The van der Waals surface area contributed by atoms with Crippen LogP contribution >= 0.6 is 0 Å². The van der Waals surface area contributed by atoms with Crippen LogP contribution < -0.4 is 29.0 Å². The Kier molecular flexibility index (Phi) is 7.06. The molecule has 1 saturated heterocycles. The molecule has 0 saturated carbocycles. The zero-order valence-corrected chi connectivity index (χ0v) is 17.8. The molecule has 1 aliphatic rings. The van der Waals surface area contributed by atoms with Gasteiger partial charge in [0.05, 0.1) is 47.2 Å². The summed E-state index contributed by atoms with van der Waals surface area (Å²) in [5.41, 5.74) is 1.93. The second-order valence-corrected chi connectivity index (χ2v) is 6.69.